The molecule has 0 aliphatic carbocycles. The third-order valence-electron chi connectivity index (χ3n) is 1.37. The van der Waals surface area contributed by atoms with E-state index in [0.717, 1.165) is 6.42 Å². The first-order valence-electron chi connectivity index (χ1n) is 3.91. The fourth-order valence-electron chi connectivity index (χ4n) is 0.620. The molecule has 0 amide bonds. The van der Waals surface area contributed by atoms with Crippen LogP contribution in [-0.4, -0.2) is 22.9 Å². The van der Waals surface area contributed by atoms with Gasteiger partial charge in [0.15, 0.2) is 0 Å². The molecule has 0 aromatic carbocycles. The van der Waals surface area contributed by atoms with Gasteiger partial charge < -0.3 is 10.2 Å². The van der Waals surface area contributed by atoms with Gasteiger partial charge in [-0.05, 0) is 12.8 Å². The van der Waals surface area contributed by atoms with Crippen LogP contribution in [0.4, 0.5) is 0 Å². The zero-order valence-electron chi connectivity index (χ0n) is 6.90. The molecule has 0 bridgehead atoms. The van der Waals surface area contributed by atoms with Crippen molar-refractivity contribution in [1.82, 2.24) is 0 Å². The van der Waals surface area contributed by atoms with E-state index in [-0.39, 0.29) is 12.7 Å². The summed E-state index contributed by atoms with van der Waals surface area (Å²) in [5.74, 6) is 0. The van der Waals surface area contributed by atoms with Crippen molar-refractivity contribution < 1.29 is 10.2 Å². The Bertz CT molecular complexity index is 128. The maximum atomic E-state index is 9.09. The first-order valence-corrected chi connectivity index (χ1v) is 3.91. The molecule has 2 heteroatoms. The second-order valence-electron chi connectivity index (χ2n) is 2.34. The van der Waals surface area contributed by atoms with Gasteiger partial charge in [-0.1, -0.05) is 31.2 Å². The molecule has 1 atom stereocenters. The van der Waals surface area contributed by atoms with E-state index in [9.17, 15) is 0 Å². The van der Waals surface area contributed by atoms with E-state index in [1.807, 2.05) is 19.1 Å². The van der Waals surface area contributed by atoms with E-state index in [2.05, 4.69) is 0 Å². The lowest BCUT2D eigenvalue weighted by Crippen LogP contribution is -2.00. The van der Waals surface area contributed by atoms with Crippen molar-refractivity contribution in [1.29, 1.82) is 0 Å². The molecule has 0 aliphatic heterocycles. The predicted octanol–water partition coefficient (Wildman–Crippen LogP) is 1.25. The van der Waals surface area contributed by atoms with Crippen LogP contribution in [0.3, 0.4) is 0 Å². The smallest absolute Gasteiger partial charge is 0.0615 e. The molecule has 2 N–H and O–H groups in total. The molecule has 0 aromatic heterocycles. The van der Waals surface area contributed by atoms with Crippen LogP contribution in [0.2, 0.25) is 0 Å². The molecular formula is C9H16O2. The van der Waals surface area contributed by atoms with Crippen molar-refractivity contribution in [2.75, 3.05) is 6.61 Å². The Hall–Kier alpha value is -0.600. The number of allylic oxidation sites excluding steroid dienone is 2. The average Bonchev–Trinajstić information content (AvgIpc) is 2.04. The molecule has 0 aliphatic rings. The number of hydrogen-bond acceptors (Lipinski definition) is 2. The molecule has 0 saturated carbocycles. The Kier molecular flexibility index (Phi) is 7.10. The molecule has 2 nitrogen and oxygen atoms in total. The number of rotatable bonds is 5. The summed E-state index contributed by atoms with van der Waals surface area (Å²) in [5, 5.41) is 17.4. The number of aliphatic hydroxyl groups excluding tert-OH is 2. The van der Waals surface area contributed by atoms with Gasteiger partial charge in [-0.25, -0.2) is 0 Å². The monoisotopic (exact) mass is 156 g/mol. The molecule has 0 rings (SSSR count). The summed E-state index contributed by atoms with van der Waals surface area (Å²) in [7, 11) is 0. The first-order chi connectivity index (χ1) is 5.31. The summed E-state index contributed by atoms with van der Waals surface area (Å²) in [6, 6.07) is 0. The minimum Gasteiger partial charge on any atom is -0.393 e. The summed E-state index contributed by atoms with van der Waals surface area (Å²) >= 11 is 0. The summed E-state index contributed by atoms with van der Waals surface area (Å²) in [5.41, 5.74) is 0. The standard InChI is InChI=1S/C9H16O2/c1-2-9(11)7-5-3-4-6-8-10/h3-6,9-11H,2,7-8H2,1H3/b5-3+,6-4+. The van der Waals surface area contributed by atoms with E-state index in [1.54, 1.807) is 12.2 Å². The van der Waals surface area contributed by atoms with Gasteiger partial charge in [-0.3, -0.25) is 0 Å². The molecule has 64 valence electrons. The van der Waals surface area contributed by atoms with Crippen LogP contribution in [0, 0.1) is 0 Å². The normalized spacial score (nSPS) is 14.8. The van der Waals surface area contributed by atoms with E-state index in [0.29, 0.717) is 6.42 Å². The summed E-state index contributed by atoms with van der Waals surface area (Å²) in [4.78, 5) is 0. The van der Waals surface area contributed by atoms with E-state index >= 15 is 0 Å². The second kappa shape index (κ2) is 7.51. The summed E-state index contributed by atoms with van der Waals surface area (Å²) in [6.07, 6.45) is 8.38. The van der Waals surface area contributed by atoms with Crippen molar-refractivity contribution in [3.63, 3.8) is 0 Å². The van der Waals surface area contributed by atoms with E-state index < -0.39 is 0 Å². The molecule has 1 unspecified atom stereocenters. The first kappa shape index (κ1) is 10.4. The average molecular weight is 156 g/mol. The number of aliphatic hydroxyl groups is 2. The minimum absolute atomic E-state index is 0.0701. The Morgan fingerprint density at radius 2 is 1.91 bits per heavy atom. The van der Waals surface area contributed by atoms with Crippen LogP contribution in [0.1, 0.15) is 19.8 Å². The van der Waals surface area contributed by atoms with Crippen molar-refractivity contribution in [3.8, 4) is 0 Å². The molecule has 0 fully saturated rings. The summed E-state index contributed by atoms with van der Waals surface area (Å²) < 4.78 is 0. The maximum absolute atomic E-state index is 9.09. The van der Waals surface area contributed by atoms with Gasteiger partial charge in [0.25, 0.3) is 0 Å². The van der Waals surface area contributed by atoms with Gasteiger partial charge in [0, 0.05) is 0 Å². The van der Waals surface area contributed by atoms with Crippen LogP contribution in [0.15, 0.2) is 24.3 Å². The Morgan fingerprint density at radius 1 is 1.27 bits per heavy atom. The van der Waals surface area contributed by atoms with Gasteiger partial charge in [-0.2, -0.15) is 0 Å². The Labute approximate surface area is 67.9 Å². The van der Waals surface area contributed by atoms with Crippen molar-refractivity contribution in [2.24, 2.45) is 0 Å². The molecule has 0 radical (unpaired) electrons. The predicted molar refractivity (Wildman–Crippen MR) is 46.3 cm³/mol. The van der Waals surface area contributed by atoms with E-state index in [4.69, 9.17) is 10.2 Å². The Morgan fingerprint density at radius 3 is 2.45 bits per heavy atom. The zero-order valence-corrected chi connectivity index (χ0v) is 6.90. The molecule has 0 heterocycles. The second-order valence-corrected chi connectivity index (χ2v) is 2.34. The van der Waals surface area contributed by atoms with Crippen molar-refractivity contribution in [3.05, 3.63) is 24.3 Å². The van der Waals surface area contributed by atoms with Crippen molar-refractivity contribution >= 4 is 0 Å². The highest BCUT2D eigenvalue weighted by Crippen LogP contribution is 1.97. The Balaban J connectivity index is 3.36. The minimum atomic E-state index is -0.228. The van der Waals surface area contributed by atoms with Crippen LogP contribution in [-0.2, 0) is 0 Å². The molecule has 11 heavy (non-hydrogen) atoms. The SMILES string of the molecule is CCC(O)C/C=C/C=C/CO. The van der Waals surface area contributed by atoms with Crippen LogP contribution >= 0.6 is 0 Å². The van der Waals surface area contributed by atoms with Gasteiger partial charge in [0.05, 0.1) is 12.7 Å². The highest BCUT2D eigenvalue weighted by atomic mass is 16.3. The molecule has 0 spiro atoms. The van der Waals surface area contributed by atoms with Crippen LogP contribution < -0.4 is 0 Å². The van der Waals surface area contributed by atoms with Crippen LogP contribution in [0.25, 0.3) is 0 Å². The zero-order chi connectivity index (χ0) is 8.53. The molecule has 0 aromatic rings. The lowest BCUT2D eigenvalue weighted by Gasteiger charge is -2.00. The lowest BCUT2D eigenvalue weighted by molar-refractivity contribution is 0.174. The lowest BCUT2D eigenvalue weighted by atomic mass is 10.2. The van der Waals surface area contributed by atoms with Crippen LogP contribution in [0.5, 0.6) is 0 Å². The molecular weight excluding hydrogens is 140 g/mol. The highest BCUT2D eigenvalue weighted by Gasteiger charge is 1.93. The largest absolute Gasteiger partial charge is 0.393 e. The van der Waals surface area contributed by atoms with Gasteiger partial charge in [0.2, 0.25) is 0 Å². The fraction of sp³-hybridized carbons (Fsp3) is 0.556. The quantitative estimate of drug-likeness (QED) is 0.588. The fourth-order valence-corrected chi connectivity index (χ4v) is 0.620. The van der Waals surface area contributed by atoms with Gasteiger partial charge in [-0.15, -0.1) is 0 Å². The number of hydrogen-bond donors (Lipinski definition) is 2. The van der Waals surface area contributed by atoms with E-state index in [1.165, 1.54) is 0 Å². The topological polar surface area (TPSA) is 40.5 Å². The van der Waals surface area contributed by atoms with Gasteiger partial charge >= 0.3 is 0 Å². The highest BCUT2D eigenvalue weighted by molar-refractivity contribution is 5.02. The van der Waals surface area contributed by atoms with Gasteiger partial charge in [0.1, 0.15) is 0 Å². The summed E-state index contributed by atoms with van der Waals surface area (Å²) in [6.45, 7) is 2.02. The molecule has 0 saturated heterocycles. The third-order valence-corrected chi connectivity index (χ3v) is 1.37. The maximum Gasteiger partial charge on any atom is 0.0615 e. The van der Waals surface area contributed by atoms with Crippen molar-refractivity contribution in [2.45, 2.75) is 25.9 Å². The third kappa shape index (κ3) is 7.30.